The number of rotatable bonds is 3. The minimum Gasteiger partial charge on any atom is -0.320 e. The standard InChI is InChI=1S/C13H19N3O/c1-14-10-12-8-5-9-16(12)13(17)15-11-6-3-2-4-7-11/h2-4,6-7,12,14H,5,8-10H2,1H3,(H,15,17). The predicted octanol–water partition coefficient (Wildman–Crippen LogP) is 1.90. The summed E-state index contributed by atoms with van der Waals surface area (Å²) in [6.45, 7) is 1.72. The fourth-order valence-corrected chi connectivity index (χ4v) is 2.27. The summed E-state index contributed by atoms with van der Waals surface area (Å²) in [4.78, 5) is 14.0. The van der Waals surface area contributed by atoms with Gasteiger partial charge in [-0.2, -0.15) is 0 Å². The maximum atomic E-state index is 12.1. The van der Waals surface area contributed by atoms with Gasteiger partial charge in [0.15, 0.2) is 0 Å². The lowest BCUT2D eigenvalue weighted by molar-refractivity contribution is 0.206. The smallest absolute Gasteiger partial charge is 0.320 e. The molecule has 1 aliphatic heterocycles. The minimum atomic E-state index is 0.00829. The molecule has 1 atom stereocenters. The molecule has 1 aromatic rings. The molecular formula is C13H19N3O. The first-order chi connectivity index (χ1) is 8.31. The van der Waals surface area contributed by atoms with Gasteiger partial charge in [-0.25, -0.2) is 4.79 Å². The third-order valence-corrected chi connectivity index (χ3v) is 3.10. The van der Waals surface area contributed by atoms with E-state index in [1.807, 2.05) is 42.3 Å². The van der Waals surface area contributed by atoms with E-state index in [2.05, 4.69) is 10.6 Å². The van der Waals surface area contributed by atoms with Gasteiger partial charge >= 0.3 is 6.03 Å². The Morgan fingerprint density at radius 2 is 2.18 bits per heavy atom. The van der Waals surface area contributed by atoms with E-state index in [-0.39, 0.29) is 6.03 Å². The van der Waals surface area contributed by atoms with Gasteiger partial charge in [0.1, 0.15) is 0 Å². The van der Waals surface area contributed by atoms with Crippen LogP contribution in [0.25, 0.3) is 0 Å². The molecular weight excluding hydrogens is 214 g/mol. The second kappa shape index (κ2) is 5.68. The van der Waals surface area contributed by atoms with E-state index >= 15 is 0 Å². The van der Waals surface area contributed by atoms with Crippen molar-refractivity contribution in [1.29, 1.82) is 0 Å². The third-order valence-electron chi connectivity index (χ3n) is 3.10. The molecule has 0 bridgehead atoms. The summed E-state index contributed by atoms with van der Waals surface area (Å²) < 4.78 is 0. The van der Waals surface area contributed by atoms with Gasteiger partial charge in [0.2, 0.25) is 0 Å². The maximum Gasteiger partial charge on any atom is 0.322 e. The number of likely N-dealkylation sites (tertiary alicyclic amines) is 1. The monoisotopic (exact) mass is 233 g/mol. The molecule has 2 amide bonds. The molecule has 4 nitrogen and oxygen atoms in total. The molecule has 0 aliphatic carbocycles. The zero-order chi connectivity index (χ0) is 12.1. The fraction of sp³-hybridized carbons (Fsp3) is 0.462. The molecule has 1 aromatic carbocycles. The summed E-state index contributed by atoms with van der Waals surface area (Å²) in [6, 6.07) is 9.92. The lowest BCUT2D eigenvalue weighted by atomic mass is 10.2. The molecule has 0 radical (unpaired) electrons. The Morgan fingerprint density at radius 1 is 1.41 bits per heavy atom. The normalized spacial score (nSPS) is 19.4. The first-order valence-electron chi connectivity index (χ1n) is 6.08. The SMILES string of the molecule is CNCC1CCCN1C(=O)Nc1ccccc1. The quantitative estimate of drug-likeness (QED) is 0.837. The summed E-state index contributed by atoms with van der Waals surface area (Å²) in [5, 5.41) is 6.07. The molecule has 0 saturated carbocycles. The number of anilines is 1. The molecule has 2 rings (SSSR count). The van der Waals surface area contributed by atoms with Crippen molar-refractivity contribution in [3.05, 3.63) is 30.3 Å². The van der Waals surface area contributed by atoms with Crippen LogP contribution >= 0.6 is 0 Å². The number of likely N-dealkylation sites (N-methyl/N-ethyl adjacent to an activating group) is 1. The molecule has 2 N–H and O–H groups in total. The van der Waals surface area contributed by atoms with Crippen LogP contribution in [-0.2, 0) is 0 Å². The molecule has 92 valence electrons. The largest absolute Gasteiger partial charge is 0.322 e. The Balaban J connectivity index is 1.95. The van der Waals surface area contributed by atoms with Gasteiger partial charge in [-0.3, -0.25) is 0 Å². The second-order valence-electron chi connectivity index (χ2n) is 4.34. The minimum absolute atomic E-state index is 0.00829. The van der Waals surface area contributed by atoms with E-state index in [1.54, 1.807) is 0 Å². The van der Waals surface area contributed by atoms with Crippen molar-refractivity contribution < 1.29 is 4.79 Å². The molecule has 4 heteroatoms. The van der Waals surface area contributed by atoms with Crippen LogP contribution in [0.15, 0.2) is 30.3 Å². The summed E-state index contributed by atoms with van der Waals surface area (Å²) in [6.07, 6.45) is 2.18. The molecule has 17 heavy (non-hydrogen) atoms. The third kappa shape index (κ3) is 2.97. The highest BCUT2D eigenvalue weighted by Crippen LogP contribution is 2.18. The van der Waals surface area contributed by atoms with Gasteiger partial charge in [-0.05, 0) is 32.0 Å². The molecule has 1 aliphatic rings. The second-order valence-corrected chi connectivity index (χ2v) is 4.34. The summed E-state index contributed by atoms with van der Waals surface area (Å²) >= 11 is 0. The zero-order valence-electron chi connectivity index (χ0n) is 10.1. The van der Waals surface area contributed by atoms with E-state index in [1.165, 1.54) is 0 Å². The van der Waals surface area contributed by atoms with Crippen LogP contribution in [0.5, 0.6) is 0 Å². The van der Waals surface area contributed by atoms with Crippen LogP contribution in [0.3, 0.4) is 0 Å². The Bertz CT molecular complexity index is 366. The van der Waals surface area contributed by atoms with Crippen LogP contribution in [-0.4, -0.2) is 37.1 Å². The average Bonchev–Trinajstić information content (AvgIpc) is 2.79. The highest BCUT2D eigenvalue weighted by atomic mass is 16.2. The van der Waals surface area contributed by atoms with E-state index in [9.17, 15) is 4.79 Å². The molecule has 0 spiro atoms. The Hall–Kier alpha value is -1.55. The van der Waals surface area contributed by atoms with Crippen molar-refractivity contribution in [2.45, 2.75) is 18.9 Å². The summed E-state index contributed by atoms with van der Waals surface area (Å²) in [5.41, 5.74) is 0.854. The van der Waals surface area contributed by atoms with Crippen molar-refractivity contribution in [3.8, 4) is 0 Å². The first kappa shape index (κ1) is 11.9. The number of amides is 2. The van der Waals surface area contributed by atoms with Crippen molar-refractivity contribution >= 4 is 11.7 Å². The predicted molar refractivity (Wildman–Crippen MR) is 69.1 cm³/mol. The van der Waals surface area contributed by atoms with Gasteiger partial charge in [-0.15, -0.1) is 0 Å². The maximum absolute atomic E-state index is 12.1. The van der Waals surface area contributed by atoms with Crippen LogP contribution in [0.2, 0.25) is 0 Å². The molecule has 1 unspecified atom stereocenters. The number of carbonyl (C=O) groups excluding carboxylic acids is 1. The molecule has 1 heterocycles. The number of carbonyl (C=O) groups is 1. The van der Waals surface area contributed by atoms with Gasteiger partial charge in [0.05, 0.1) is 0 Å². The van der Waals surface area contributed by atoms with Crippen LogP contribution in [0.1, 0.15) is 12.8 Å². The highest BCUT2D eigenvalue weighted by molar-refractivity contribution is 5.89. The van der Waals surface area contributed by atoms with E-state index < -0.39 is 0 Å². The zero-order valence-corrected chi connectivity index (χ0v) is 10.1. The molecule has 1 fully saturated rings. The topological polar surface area (TPSA) is 44.4 Å². The first-order valence-corrected chi connectivity index (χ1v) is 6.08. The lowest BCUT2D eigenvalue weighted by Crippen LogP contribution is -2.43. The van der Waals surface area contributed by atoms with Gasteiger partial charge in [0.25, 0.3) is 0 Å². The van der Waals surface area contributed by atoms with Crippen LogP contribution in [0, 0.1) is 0 Å². The number of nitrogens with one attached hydrogen (secondary N) is 2. The highest BCUT2D eigenvalue weighted by Gasteiger charge is 2.27. The Morgan fingerprint density at radius 3 is 2.88 bits per heavy atom. The van der Waals surface area contributed by atoms with Crippen molar-refractivity contribution in [3.63, 3.8) is 0 Å². The number of benzene rings is 1. The number of hydrogen-bond donors (Lipinski definition) is 2. The molecule has 0 aromatic heterocycles. The van der Waals surface area contributed by atoms with E-state index in [0.29, 0.717) is 6.04 Å². The molecule has 1 saturated heterocycles. The lowest BCUT2D eigenvalue weighted by Gasteiger charge is -2.24. The Labute approximate surface area is 102 Å². The van der Waals surface area contributed by atoms with Crippen LogP contribution < -0.4 is 10.6 Å². The van der Waals surface area contributed by atoms with Crippen LogP contribution in [0.4, 0.5) is 10.5 Å². The van der Waals surface area contributed by atoms with Gasteiger partial charge < -0.3 is 15.5 Å². The Kier molecular flexibility index (Phi) is 3.98. The summed E-state index contributed by atoms with van der Waals surface area (Å²) in [7, 11) is 1.92. The number of nitrogens with zero attached hydrogens (tertiary/aromatic N) is 1. The van der Waals surface area contributed by atoms with Crippen molar-refractivity contribution in [2.75, 3.05) is 25.5 Å². The number of hydrogen-bond acceptors (Lipinski definition) is 2. The average molecular weight is 233 g/mol. The van der Waals surface area contributed by atoms with Gasteiger partial charge in [-0.1, -0.05) is 18.2 Å². The van der Waals surface area contributed by atoms with Gasteiger partial charge in [0, 0.05) is 24.8 Å². The van der Waals surface area contributed by atoms with E-state index in [0.717, 1.165) is 31.6 Å². The number of urea groups is 1. The summed E-state index contributed by atoms with van der Waals surface area (Å²) in [5.74, 6) is 0. The van der Waals surface area contributed by atoms with E-state index in [4.69, 9.17) is 0 Å². The van der Waals surface area contributed by atoms with Crippen molar-refractivity contribution in [1.82, 2.24) is 10.2 Å². The fourth-order valence-electron chi connectivity index (χ4n) is 2.27. The number of para-hydroxylation sites is 1. The van der Waals surface area contributed by atoms with Crippen molar-refractivity contribution in [2.24, 2.45) is 0 Å².